The van der Waals surface area contributed by atoms with Gasteiger partial charge in [-0.3, -0.25) is 4.79 Å². The first kappa shape index (κ1) is 15.8. The van der Waals surface area contributed by atoms with Crippen LogP contribution in [0.1, 0.15) is 38.8 Å². The topological polar surface area (TPSA) is 68.0 Å². The van der Waals surface area contributed by atoms with Crippen LogP contribution in [0.4, 0.5) is 0 Å². The fourth-order valence-electron chi connectivity index (χ4n) is 2.67. The Hall–Kier alpha value is -3.08. The molecule has 2 aromatic heterocycles. The smallest absolute Gasteiger partial charge is 0.340 e. The minimum absolute atomic E-state index is 0.0935. The number of phenols is 1. The van der Waals surface area contributed by atoms with Crippen LogP contribution in [-0.4, -0.2) is 27.9 Å². The van der Waals surface area contributed by atoms with Gasteiger partial charge in [-0.2, -0.15) is 0 Å². The molecule has 1 N–H and O–H groups in total. The minimum atomic E-state index is -0.479. The van der Waals surface area contributed by atoms with E-state index in [1.165, 1.54) is 12.1 Å². The molecule has 3 rings (SSSR count). The van der Waals surface area contributed by atoms with Crippen LogP contribution in [0.5, 0.6) is 5.75 Å². The monoisotopic (exact) mass is 323 g/mol. The van der Waals surface area contributed by atoms with Gasteiger partial charge in [0.05, 0.1) is 23.3 Å². The van der Waals surface area contributed by atoms with Gasteiger partial charge in [0.1, 0.15) is 5.75 Å². The maximum absolute atomic E-state index is 12.7. The molecule has 0 unspecified atom stereocenters. The summed E-state index contributed by atoms with van der Waals surface area (Å²) in [6, 6.07) is 9.71. The van der Waals surface area contributed by atoms with Crippen molar-refractivity contribution in [2.24, 2.45) is 0 Å². The summed E-state index contributed by atoms with van der Waals surface area (Å²) >= 11 is 0. The second kappa shape index (κ2) is 6.20. The van der Waals surface area contributed by atoms with Crippen molar-refractivity contribution in [3.63, 3.8) is 0 Å². The third-order valence-electron chi connectivity index (χ3n) is 3.75. The zero-order chi connectivity index (χ0) is 17.3. The van der Waals surface area contributed by atoms with E-state index in [2.05, 4.69) is 0 Å². The van der Waals surface area contributed by atoms with E-state index >= 15 is 0 Å². The first-order chi connectivity index (χ1) is 11.5. The van der Waals surface area contributed by atoms with Crippen molar-refractivity contribution in [2.45, 2.75) is 13.8 Å². The number of aromatic hydroxyl groups is 1. The highest BCUT2D eigenvalue weighted by Crippen LogP contribution is 2.23. The van der Waals surface area contributed by atoms with Gasteiger partial charge in [0.2, 0.25) is 0 Å². The predicted octanol–water partition coefficient (Wildman–Crippen LogP) is 3.36. The van der Waals surface area contributed by atoms with Gasteiger partial charge in [-0.05, 0) is 43.7 Å². The zero-order valence-corrected chi connectivity index (χ0v) is 13.4. The number of carbonyl (C=O) groups excluding carboxylic acids is 2. The molecule has 0 aliphatic rings. The number of ether oxygens (including phenoxy) is 1. The highest BCUT2D eigenvalue weighted by Gasteiger charge is 2.19. The summed E-state index contributed by atoms with van der Waals surface area (Å²) in [5.74, 6) is -0.927. The molecule has 3 aromatic rings. The lowest BCUT2D eigenvalue weighted by atomic mass is 10.0. The first-order valence-corrected chi connectivity index (χ1v) is 7.63. The van der Waals surface area contributed by atoms with E-state index in [9.17, 15) is 14.7 Å². The number of para-hydroxylation sites is 1. The van der Waals surface area contributed by atoms with Gasteiger partial charge in [0.15, 0.2) is 5.78 Å². The number of rotatable bonds is 4. The summed E-state index contributed by atoms with van der Waals surface area (Å²) in [6.45, 7) is 3.89. The lowest BCUT2D eigenvalue weighted by molar-refractivity contribution is 0.0528. The minimum Gasteiger partial charge on any atom is -0.507 e. The number of nitrogens with zero attached hydrogens (tertiary/aromatic N) is 1. The SMILES string of the molecule is CCOC(=O)c1cc(C(=O)c2ccccc2O)cn2cc(C)cc12. The highest BCUT2D eigenvalue weighted by atomic mass is 16.5. The Kier molecular flexibility index (Phi) is 4.08. The molecule has 1 aromatic carbocycles. The number of hydrogen-bond donors (Lipinski definition) is 1. The molecule has 0 spiro atoms. The maximum Gasteiger partial charge on any atom is 0.340 e. The Morgan fingerprint density at radius 1 is 1.12 bits per heavy atom. The fraction of sp³-hybridized carbons (Fsp3) is 0.158. The van der Waals surface area contributed by atoms with E-state index in [4.69, 9.17) is 4.74 Å². The second-order valence-corrected chi connectivity index (χ2v) is 5.52. The zero-order valence-electron chi connectivity index (χ0n) is 13.4. The number of esters is 1. The molecule has 5 nitrogen and oxygen atoms in total. The maximum atomic E-state index is 12.7. The van der Waals surface area contributed by atoms with Crippen LogP contribution >= 0.6 is 0 Å². The molecule has 0 saturated heterocycles. The third-order valence-corrected chi connectivity index (χ3v) is 3.75. The number of ketones is 1. The number of carbonyl (C=O) groups is 2. The molecular formula is C19H17NO4. The number of pyridine rings is 1. The third kappa shape index (κ3) is 2.76. The van der Waals surface area contributed by atoms with Gasteiger partial charge in [0, 0.05) is 18.0 Å². The summed E-state index contributed by atoms with van der Waals surface area (Å²) in [5, 5.41) is 9.90. The summed E-state index contributed by atoms with van der Waals surface area (Å²) in [5.41, 5.74) is 2.47. The van der Waals surface area contributed by atoms with Crippen LogP contribution in [0.3, 0.4) is 0 Å². The summed E-state index contributed by atoms with van der Waals surface area (Å²) in [6.07, 6.45) is 3.49. The molecular weight excluding hydrogens is 306 g/mol. The normalized spacial score (nSPS) is 10.8. The number of phenolic OH excluding ortho intramolecular Hbond substituents is 1. The molecule has 0 atom stereocenters. The molecule has 0 saturated carbocycles. The van der Waals surface area contributed by atoms with Gasteiger partial charge in [-0.15, -0.1) is 0 Å². The molecule has 0 aliphatic heterocycles. The van der Waals surface area contributed by atoms with Gasteiger partial charge < -0.3 is 14.2 Å². The molecule has 0 fully saturated rings. The first-order valence-electron chi connectivity index (χ1n) is 7.63. The van der Waals surface area contributed by atoms with Crippen molar-refractivity contribution < 1.29 is 19.4 Å². The standard InChI is InChI=1S/C19H17NO4/c1-3-24-19(23)15-9-13(11-20-10-12(2)8-16(15)20)18(22)14-6-4-5-7-17(14)21/h4-11,21H,3H2,1-2H3. The van der Waals surface area contributed by atoms with Gasteiger partial charge >= 0.3 is 5.97 Å². The summed E-state index contributed by atoms with van der Waals surface area (Å²) < 4.78 is 6.83. The number of aromatic nitrogens is 1. The Morgan fingerprint density at radius 2 is 1.88 bits per heavy atom. The number of fused-ring (bicyclic) bond motifs is 1. The van der Waals surface area contributed by atoms with Crippen LogP contribution in [0.25, 0.3) is 5.52 Å². The Morgan fingerprint density at radius 3 is 2.58 bits per heavy atom. The lowest BCUT2D eigenvalue weighted by Crippen LogP contribution is -2.10. The highest BCUT2D eigenvalue weighted by molar-refractivity contribution is 6.12. The van der Waals surface area contributed by atoms with E-state index in [1.54, 1.807) is 35.7 Å². The fourth-order valence-corrected chi connectivity index (χ4v) is 2.67. The second-order valence-electron chi connectivity index (χ2n) is 5.52. The van der Waals surface area contributed by atoms with Crippen LogP contribution in [-0.2, 0) is 4.74 Å². The molecule has 2 heterocycles. The quantitative estimate of drug-likeness (QED) is 0.590. The number of aryl methyl sites for hydroxylation is 1. The molecule has 5 heteroatoms. The van der Waals surface area contributed by atoms with E-state index in [0.717, 1.165) is 5.56 Å². The van der Waals surface area contributed by atoms with Gasteiger partial charge in [-0.1, -0.05) is 12.1 Å². The van der Waals surface area contributed by atoms with Crippen molar-refractivity contribution in [2.75, 3.05) is 6.61 Å². The molecule has 24 heavy (non-hydrogen) atoms. The van der Waals surface area contributed by atoms with Crippen molar-refractivity contribution in [3.8, 4) is 5.75 Å². The molecule has 0 radical (unpaired) electrons. The van der Waals surface area contributed by atoms with Crippen LogP contribution in [0.15, 0.2) is 48.8 Å². The van der Waals surface area contributed by atoms with Crippen LogP contribution in [0.2, 0.25) is 0 Å². The van der Waals surface area contributed by atoms with Crippen molar-refractivity contribution >= 4 is 17.3 Å². The van der Waals surface area contributed by atoms with Crippen molar-refractivity contribution in [3.05, 3.63) is 71.0 Å². The van der Waals surface area contributed by atoms with Gasteiger partial charge in [0.25, 0.3) is 0 Å². The number of benzene rings is 1. The van der Waals surface area contributed by atoms with Crippen LogP contribution < -0.4 is 0 Å². The van der Waals surface area contributed by atoms with E-state index in [-0.39, 0.29) is 23.7 Å². The average Bonchev–Trinajstić information content (AvgIpc) is 2.94. The average molecular weight is 323 g/mol. The molecule has 0 bridgehead atoms. The van der Waals surface area contributed by atoms with Crippen molar-refractivity contribution in [1.82, 2.24) is 4.40 Å². The number of hydrogen-bond acceptors (Lipinski definition) is 4. The van der Waals surface area contributed by atoms with E-state index < -0.39 is 5.97 Å². The molecule has 122 valence electrons. The Bertz CT molecular complexity index is 940. The largest absolute Gasteiger partial charge is 0.507 e. The lowest BCUT2D eigenvalue weighted by Gasteiger charge is -2.09. The van der Waals surface area contributed by atoms with Crippen LogP contribution in [0, 0.1) is 6.92 Å². The predicted molar refractivity (Wildman–Crippen MR) is 89.6 cm³/mol. The molecule has 0 amide bonds. The van der Waals surface area contributed by atoms with E-state index in [1.807, 2.05) is 19.2 Å². The Balaban J connectivity index is 2.17. The van der Waals surface area contributed by atoms with Gasteiger partial charge in [-0.25, -0.2) is 4.79 Å². The Labute approximate surface area is 139 Å². The molecule has 0 aliphatic carbocycles. The summed E-state index contributed by atoms with van der Waals surface area (Å²) in [7, 11) is 0. The summed E-state index contributed by atoms with van der Waals surface area (Å²) in [4.78, 5) is 25.0. The van der Waals surface area contributed by atoms with E-state index in [0.29, 0.717) is 16.6 Å². The van der Waals surface area contributed by atoms with Crippen molar-refractivity contribution in [1.29, 1.82) is 0 Å².